The van der Waals surface area contributed by atoms with Crippen molar-refractivity contribution in [3.8, 4) is 0 Å². The van der Waals surface area contributed by atoms with Gasteiger partial charge in [0.25, 0.3) is 5.69 Å². The topological polar surface area (TPSA) is 92.5 Å². The molecule has 0 bridgehead atoms. The molecule has 0 spiro atoms. The third kappa shape index (κ3) is 4.59. The van der Waals surface area contributed by atoms with Crippen LogP contribution in [-0.2, 0) is 16.1 Å². The first-order valence-corrected chi connectivity index (χ1v) is 8.51. The van der Waals surface area contributed by atoms with E-state index >= 15 is 0 Å². The molecule has 0 aromatic heterocycles. The molecule has 3 aromatic rings. The fourth-order valence-corrected chi connectivity index (χ4v) is 2.63. The predicted molar refractivity (Wildman–Crippen MR) is 106 cm³/mol. The number of rotatable bonds is 5. The second-order valence-corrected chi connectivity index (χ2v) is 5.97. The zero-order valence-corrected chi connectivity index (χ0v) is 14.8. The normalized spacial score (nSPS) is 10.1. The summed E-state index contributed by atoms with van der Waals surface area (Å²) >= 11 is 0. The van der Waals surface area contributed by atoms with Crippen LogP contribution in [0.25, 0.3) is 0 Å². The summed E-state index contributed by atoms with van der Waals surface area (Å²) in [6.45, 7) is 0.234. The zero-order chi connectivity index (χ0) is 19.9. The molecule has 0 unspecified atom stereocenters. The molecule has 0 aliphatic heterocycles. The van der Waals surface area contributed by atoms with Gasteiger partial charge in [-0.3, -0.25) is 24.6 Å². The lowest BCUT2D eigenvalue weighted by Crippen LogP contribution is -2.39. The summed E-state index contributed by atoms with van der Waals surface area (Å²) < 4.78 is 0. The smallest absolute Gasteiger partial charge is 0.316 e. The number of nitrogens with zero attached hydrogens (tertiary/aromatic N) is 2. The van der Waals surface area contributed by atoms with Crippen molar-refractivity contribution in [3.05, 3.63) is 101 Å². The van der Waals surface area contributed by atoms with Gasteiger partial charge >= 0.3 is 11.8 Å². The van der Waals surface area contributed by atoms with Crippen LogP contribution in [-0.4, -0.2) is 16.7 Å². The van der Waals surface area contributed by atoms with Gasteiger partial charge in [0.2, 0.25) is 0 Å². The van der Waals surface area contributed by atoms with Gasteiger partial charge in [-0.25, -0.2) is 0 Å². The minimum Gasteiger partial charge on any atom is -0.318 e. The maximum absolute atomic E-state index is 12.8. The standard InChI is InChI=1S/C21H17N3O4/c25-20(22-17-11-13-19(14-12-17)24(27)28)21(26)23(18-9-5-2-6-10-18)15-16-7-3-1-4-8-16/h1-14H,15H2,(H,22,25). The molecule has 0 aliphatic rings. The number of hydrogen-bond acceptors (Lipinski definition) is 4. The summed E-state index contributed by atoms with van der Waals surface area (Å²) in [7, 11) is 0. The molecule has 3 aromatic carbocycles. The first-order valence-electron chi connectivity index (χ1n) is 8.51. The van der Waals surface area contributed by atoms with Gasteiger partial charge in [0.1, 0.15) is 0 Å². The monoisotopic (exact) mass is 375 g/mol. The first kappa shape index (κ1) is 18.8. The number of para-hydroxylation sites is 1. The SMILES string of the molecule is O=C(Nc1ccc([N+](=O)[O-])cc1)C(=O)N(Cc1ccccc1)c1ccccc1. The molecular formula is C21H17N3O4. The summed E-state index contributed by atoms with van der Waals surface area (Å²) in [5.74, 6) is -1.55. The van der Waals surface area contributed by atoms with Crippen LogP contribution >= 0.6 is 0 Å². The van der Waals surface area contributed by atoms with Gasteiger partial charge in [-0.2, -0.15) is 0 Å². The maximum Gasteiger partial charge on any atom is 0.316 e. The summed E-state index contributed by atoms with van der Waals surface area (Å²) in [4.78, 5) is 36.9. The number of benzene rings is 3. The van der Waals surface area contributed by atoms with Crippen molar-refractivity contribution in [1.82, 2.24) is 0 Å². The molecule has 7 heteroatoms. The fourth-order valence-electron chi connectivity index (χ4n) is 2.63. The average Bonchev–Trinajstić information content (AvgIpc) is 2.73. The lowest BCUT2D eigenvalue weighted by Gasteiger charge is -2.22. The van der Waals surface area contributed by atoms with E-state index in [9.17, 15) is 19.7 Å². The van der Waals surface area contributed by atoms with Gasteiger partial charge in [-0.1, -0.05) is 48.5 Å². The highest BCUT2D eigenvalue weighted by molar-refractivity contribution is 6.44. The molecule has 3 rings (SSSR count). The van der Waals surface area contributed by atoms with Gasteiger partial charge in [0, 0.05) is 23.5 Å². The first-order chi connectivity index (χ1) is 13.5. The van der Waals surface area contributed by atoms with E-state index < -0.39 is 16.7 Å². The van der Waals surface area contributed by atoms with E-state index in [1.807, 2.05) is 36.4 Å². The molecule has 0 atom stereocenters. The summed E-state index contributed by atoms with van der Waals surface area (Å²) in [6.07, 6.45) is 0. The Morgan fingerprint density at radius 1 is 0.857 bits per heavy atom. The van der Waals surface area contributed by atoms with Crippen LogP contribution < -0.4 is 10.2 Å². The van der Waals surface area contributed by atoms with Crippen LogP contribution in [0.2, 0.25) is 0 Å². The predicted octanol–water partition coefficient (Wildman–Crippen LogP) is 3.77. The van der Waals surface area contributed by atoms with E-state index in [-0.39, 0.29) is 12.2 Å². The van der Waals surface area contributed by atoms with Crippen LogP contribution in [0.1, 0.15) is 5.56 Å². The molecule has 28 heavy (non-hydrogen) atoms. The van der Waals surface area contributed by atoms with Gasteiger partial charge in [-0.05, 0) is 29.8 Å². The lowest BCUT2D eigenvalue weighted by atomic mass is 10.2. The third-order valence-corrected chi connectivity index (χ3v) is 4.03. The number of carbonyl (C=O) groups excluding carboxylic acids is 2. The molecule has 0 aliphatic carbocycles. The van der Waals surface area contributed by atoms with Crippen molar-refractivity contribution in [2.75, 3.05) is 10.2 Å². The van der Waals surface area contributed by atoms with E-state index in [4.69, 9.17) is 0 Å². The Bertz CT molecular complexity index is 974. The second kappa shape index (κ2) is 8.59. The average molecular weight is 375 g/mol. The molecule has 7 nitrogen and oxygen atoms in total. The summed E-state index contributed by atoms with van der Waals surface area (Å²) in [5.41, 5.74) is 1.68. The van der Waals surface area contributed by atoms with Crippen LogP contribution in [0, 0.1) is 10.1 Å². The Kier molecular flexibility index (Phi) is 5.76. The fraction of sp³-hybridized carbons (Fsp3) is 0.0476. The number of carbonyl (C=O) groups is 2. The molecule has 0 saturated carbocycles. The molecule has 2 amide bonds. The minimum atomic E-state index is -0.825. The highest BCUT2D eigenvalue weighted by Crippen LogP contribution is 2.19. The highest BCUT2D eigenvalue weighted by Gasteiger charge is 2.24. The molecule has 140 valence electrons. The molecule has 0 fully saturated rings. The van der Waals surface area contributed by atoms with Gasteiger partial charge < -0.3 is 5.32 Å². The number of hydrogen-bond donors (Lipinski definition) is 1. The molecule has 0 heterocycles. The van der Waals surface area contributed by atoms with Gasteiger partial charge in [-0.15, -0.1) is 0 Å². The van der Waals surface area contributed by atoms with Crippen LogP contribution in [0.4, 0.5) is 17.1 Å². The maximum atomic E-state index is 12.8. The Balaban J connectivity index is 1.79. The Morgan fingerprint density at radius 2 is 1.43 bits per heavy atom. The van der Waals surface area contributed by atoms with Crippen molar-refractivity contribution in [3.63, 3.8) is 0 Å². The Morgan fingerprint density at radius 3 is 2.00 bits per heavy atom. The van der Waals surface area contributed by atoms with Gasteiger partial charge in [0.15, 0.2) is 0 Å². The summed E-state index contributed by atoms with van der Waals surface area (Å²) in [5, 5.41) is 13.2. The van der Waals surface area contributed by atoms with Crippen molar-refractivity contribution in [1.29, 1.82) is 0 Å². The van der Waals surface area contributed by atoms with Crippen molar-refractivity contribution in [2.45, 2.75) is 6.54 Å². The van der Waals surface area contributed by atoms with Crippen LogP contribution in [0.3, 0.4) is 0 Å². The van der Waals surface area contributed by atoms with Crippen molar-refractivity contribution >= 4 is 28.9 Å². The molecule has 0 radical (unpaired) electrons. The largest absolute Gasteiger partial charge is 0.318 e. The van der Waals surface area contributed by atoms with E-state index in [1.54, 1.807) is 24.3 Å². The Labute approximate surface area is 161 Å². The van der Waals surface area contributed by atoms with Crippen LogP contribution in [0.5, 0.6) is 0 Å². The second-order valence-electron chi connectivity index (χ2n) is 5.97. The van der Waals surface area contributed by atoms with E-state index in [2.05, 4.69) is 5.32 Å². The quantitative estimate of drug-likeness (QED) is 0.417. The number of anilines is 2. The van der Waals surface area contributed by atoms with Crippen molar-refractivity contribution < 1.29 is 14.5 Å². The number of nitrogens with one attached hydrogen (secondary N) is 1. The van der Waals surface area contributed by atoms with E-state index in [1.165, 1.54) is 29.2 Å². The summed E-state index contributed by atoms with van der Waals surface area (Å²) in [6, 6.07) is 23.5. The number of amides is 2. The van der Waals surface area contributed by atoms with Crippen molar-refractivity contribution in [2.24, 2.45) is 0 Å². The number of nitro groups is 1. The van der Waals surface area contributed by atoms with E-state index in [0.29, 0.717) is 11.4 Å². The zero-order valence-electron chi connectivity index (χ0n) is 14.8. The third-order valence-electron chi connectivity index (χ3n) is 4.03. The van der Waals surface area contributed by atoms with Crippen LogP contribution in [0.15, 0.2) is 84.9 Å². The molecular weight excluding hydrogens is 358 g/mol. The molecule has 1 N–H and O–H groups in total. The van der Waals surface area contributed by atoms with Gasteiger partial charge in [0.05, 0.1) is 11.5 Å². The minimum absolute atomic E-state index is 0.0979. The Hall–Kier alpha value is -4.00. The number of nitro benzene ring substituents is 1. The molecule has 0 saturated heterocycles. The van der Waals surface area contributed by atoms with E-state index in [0.717, 1.165) is 5.56 Å². The highest BCUT2D eigenvalue weighted by atomic mass is 16.6. The number of non-ortho nitro benzene ring substituents is 1. The lowest BCUT2D eigenvalue weighted by molar-refractivity contribution is -0.384.